The highest BCUT2D eigenvalue weighted by Gasteiger charge is 2.16. The standard InChI is InChI=1S/C14H11Cl2NO3/c1-2-20-13-6-11(15)9(5-12(13)16)10-7-17-4-3-8(10)14(18)19/h3-7H,2H2,1H3,(H,18,19). The highest BCUT2D eigenvalue weighted by atomic mass is 35.5. The van der Waals surface area contributed by atoms with Gasteiger partial charge in [-0.05, 0) is 19.1 Å². The van der Waals surface area contributed by atoms with Gasteiger partial charge in [-0.15, -0.1) is 0 Å². The Morgan fingerprint density at radius 1 is 1.30 bits per heavy atom. The third-order valence-electron chi connectivity index (χ3n) is 2.66. The molecule has 0 bridgehead atoms. The molecule has 104 valence electrons. The first kappa shape index (κ1) is 14.6. The molecule has 0 amide bonds. The van der Waals surface area contributed by atoms with Crippen LogP contribution < -0.4 is 4.74 Å². The van der Waals surface area contributed by atoms with Crippen LogP contribution >= 0.6 is 23.2 Å². The van der Waals surface area contributed by atoms with E-state index >= 15 is 0 Å². The number of carboxylic acid groups (broad SMARTS) is 1. The molecule has 0 radical (unpaired) electrons. The zero-order valence-corrected chi connectivity index (χ0v) is 12.1. The zero-order valence-electron chi connectivity index (χ0n) is 10.6. The first-order valence-electron chi connectivity index (χ1n) is 5.84. The van der Waals surface area contributed by atoms with Crippen LogP contribution in [0.15, 0.2) is 30.6 Å². The lowest BCUT2D eigenvalue weighted by Gasteiger charge is -2.11. The Balaban J connectivity index is 2.59. The average molecular weight is 312 g/mol. The van der Waals surface area contributed by atoms with Gasteiger partial charge in [-0.3, -0.25) is 4.98 Å². The van der Waals surface area contributed by atoms with Gasteiger partial charge in [0.2, 0.25) is 0 Å². The molecule has 0 atom stereocenters. The number of aromatic nitrogens is 1. The lowest BCUT2D eigenvalue weighted by molar-refractivity contribution is 0.0697. The predicted octanol–water partition coefficient (Wildman–Crippen LogP) is 4.15. The van der Waals surface area contributed by atoms with E-state index in [-0.39, 0.29) is 5.56 Å². The summed E-state index contributed by atoms with van der Waals surface area (Å²) in [6.45, 7) is 2.30. The Hall–Kier alpha value is -1.78. The topological polar surface area (TPSA) is 59.4 Å². The number of hydrogen-bond donors (Lipinski definition) is 1. The molecule has 1 N–H and O–H groups in total. The van der Waals surface area contributed by atoms with Gasteiger partial charge >= 0.3 is 5.97 Å². The van der Waals surface area contributed by atoms with Gasteiger partial charge in [0.15, 0.2) is 0 Å². The van der Waals surface area contributed by atoms with E-state index in [9.17, 15) is 9.90 Å². The van der Waals surface area contributed by atoms with Gasteiger partial charge in [-0.25, -0.2) is 4.79 Å². The van der Waals surface area contributed by atoms with Crippen LogP contribution in [-0.4, -0.2) is 22.7 Å². The summed E-state index contributed by atoms with van der Waals surface area (Å²) in [6, 6.07) is 4.57. The molecular formula is C14H11Cl2NO3. The molecule has 0 unspecified atom stereocenters. The van der Waals surface area contributed by atoms with Gasteiger partial charge in [0, 0.05) is 29.6 Å². The second-order valence-electron chi connectivity index (χ2n) is 3.92. The van der Waals surface area contributed by atoms with Crippen LogP contribution in [0, 0.1) is 0 Å². The fraction of sp³-hybridized carbons (Fsp3) is 0.143. The molecule has 20 heavy (non-hydrogen) atoms. The summed E-state index contributed by atoms with van der Waals surface area (Å²) in [4.78, 5) is 15.2. The summed E-state index contributed by atoms with van der Waals surface area (Å²) < 4.78 is 5.34. The molecule has 0 fully saturated rings. The minimum absolute atomic E-state index is 0.113. The Bertz CT molecular complexity index is 659. The number of carbonyl (C=O) groups is 1. The van der Waals surface area contributed by atoms with Crippen molar-refractivity contribution >= 4 is 29.2 Å². The third-order valence-corrected chi connectivity index (χ3v) is 3.27. The maximum Gasteiger partial charge on any atom is 0.336 e. The smallest absolute Gasteiger partial charge is 0.336 e. The number of nitrogens with zero attached hydrogens (tertiary/aromatic N) is 1. The maximum absolute atomic E-state index is 11.2. The monoisotopic (exact) mass is 311 g/mol. The van der Waals surface area contributed by atoms with E-state index in [0.717, 1.165) is 0 Å². The van der Waals surface area contributed by atoms with E-state index < -0.39 is 5.97 Å². The fourth-order valence-electron chi connectivity index (χ4n) is 1.80. The van der Waals surface area contributed by atoms with Crippen LogP contribution in [0.4, 0.5) is 0 Å². The van der Waals surface area contributed by atoms with Crippen molar-refractivity contribution in [2.45, 2.75) is 6.92 Å². The fourth-order valence-corrected chi connectivity index (χ4v) is 2.27. The number of carboxylic acids is 1. The van der Waals surface area contributed by atoms with Crippen LogP contribution in [0.25, 0.3) is 11.1 Å². The van der Waals surface area contributed by atoms with Crippen LogP contribution in [0.1, 0.15) is 17.3 Å². The first-order valence-corrected chi connectivity index (χ1v) is 6.59. The summed E-state index contributed by atoms with van der Waals surface area (Å²) in [5.41, 5.74) is 1.03. The predicted molar refractivity (Wildman–Crippen MR) is 77.8 cm³/mol. The van der Waals surface area contributed by atoms with Gasteiger partial charge < -0.3 is 9.84 Å². The average Bonchev–Trinajstić information content (AvgIpc) is 2.42. The molecule has 4 nitrogen and oxygen atoms in total. The van der Waals surface area contributed by atoms with E-state index in [1.807, 2.05) is 6.92 Å². The summed E-state index contributed by atoms with van der Waals surface area (Å²) in [5, 5.41) is 9.92. The molecule has 0 aliphatic heterocycles. The molecule has 1 heterocycles. The second-order valence-corrected chi connectivity index (χ2v) is 4.74. The highest BCUT2D eigenvalue weighted by molar-refractivity contribution is 6.36. The highest BCUT2D eigenvalue weighted by Crippen LogP contribution is 2.37. The second kappa shape index (κ2) is 6.11. The van der Waals surface area contributed by atoms with Gasteiger partial charge in [-0.2, -0.15) is 0 Å². The van der Waals surface area contributed by atoms with E-state index in [2.05, 4.69) is 4.98 Å². The maximum atomic E-state index is 11.2. The molecule has 1 aromatic heterocycles. The Labute approximate surface area is 125 Å². The number of ether oxygens (including phenoxy) is 1. The molecule has 0 aliphatic rings. The lowest BCUT2D eigenvalue weighted by atomic mass is 10.0. The minimum atomic E-state index is -1.05. The third kappa shape index (κ3) is 2.86. The number of benzene rings is 1. The van der Waals surface area contributed by atoms with E-state index in [0.29, 0.717) is 33.5 Å². The van der Waals surface area contributed by atoms with Crippen LogP contribution in [-0.2, 0) is 0 Å². The van der Waals surface area contributed by atoms with Gasteiger partial charge in [-0.1, -0.05) is 23.2 Å². The largest absolute Gasteiger partial charge is 0.492 e. The quantitative estimate of drug-likeness (QED) is 0.921. The van der Waals surface area contributed by atoms with Gasteiger partial charge in [0.05, 0.1) is 22.2 Å². The van der Waals surface area contributed by atoms with Crippen LogP contribution in [0.3, 0.4) is 0 Å². The summed E-state index contributed by atoms with van der Waals surface area (Å²) in [7, 11) is 0. The van der Waals surface area contributed by atoms with E-state index in [1.54, 1.807) is 12.1 Å². The molecule has 1 aromatic carbocycles. The van der Waals surface area contributed by atoms with Crippen molar-refractivity contribution in [3.05, 3.63) is 46.2 Å². The molecule has 0 saturated heterocycles. The van der Waals surface area contributed by atoms with Crippen molar-refractivity contribution < 1.29 is 14.6 Å². The molecule has 6 heteroatoms. The summed E-state index contributed by atoms with van der Waals surface area (Å²) in [6.07, 6.45) is 2.86. The Kier molecular flexibility index (Phi) is 4.47. The summed E-state index contributed by atoms with van der Waals surface area (Å²) >= 11 is 12.3. The molecule has 0 aliphatic carbocycles. The lowest BCUT2D eigenvalue weighted by Crippen LogP contribution is -2.00. The normalized spacial score (nSPS) is 10.3. The van der Waals surface area contributed by atoms with E-state index in [4.69, 9.17) is 27.9 Å². The molecule has 0 spiro atoms. The molecule has 0 saturated carbocycles. The van der Waals surface area contributed by atoms with Crippen molar-refractivity contribution in [3.8, 4) is 16.9 Å². The number of aromatic carboxylic acids is 1. The zero-order chi connectivity index (χ0) is 14.7. The first-order chi connectivity index (χ1) is 9.54. The SMILES string of the molecule is CCOc1cc(Cl)c(-c2cnccc2C(=O)O)cc1Cl. The van der Waals surface area contributed by atoms with Gasteiger partial charge in [0.25, 0.3) is 0 Å². The van der Waals surface area contributed by atoms with Crippen LogP contribution in [0.5, 0.6) is 5.75 Å². The Morgan fingerprint density at radius 3 is 2.70 bits per heavy atom. The number of hydrogen-bond acceptors (Lipinski definition) is 3. The minimum Gasteiger partial charge on any atom is -0.492 e. The van der Waals surface area contributed by atoms with Crippen molar-refractivity contribution in [1.29, 1.82) is 0 Å². The number of halogens is 2. The molecular weight excluding hydrogens is 301 g/mol. The van der Waals surface area contributed by atoms with Crippen molar-refractivity contribution in [3.63, 3.8) is 0 Å². The number of pyridine rings is 1. The molecule has 2 rings (SSSR count). The van der Waals surface area contributed by atoms with Gasteiger partial charge in [0.1, 0.15) is 5.75 Å². The van der Waals surface area contributed by atoms with Crippen molar-refractivity contribution in [2.24, 2.45) is 0 Å². The Morgan fingerprint density at radius 2 is 2.05 bits per heavy atom. The summed E-state index contributed by atoms with van der Waals surface area (Å²) in [5.74, 6) is -0.591. The van der Waals surface area contributed by atoms with Crippen LogP contribution in [0.2, 0.25) is 10.0 Å². The van der Waals surface area contributed by atoms with E-state index in [1.165, 1.54) is 18.5 Å². The van der Waals surface area contributed by atoms with Crippen molar-refractivity contribution in [2.75, 3.05) is 6.61 Å². The molecule has 2 aromatic rings. The van der Waals surface area contributed by atoms with Crippen molar-refractivity contribution in [1.82, 2.24) is 4.98 Å². The number of rotatable bonds is 4.